The zero-order valence-electron chi connectivity index (χ0n) is 8.46. The quantitative estimate of drug-likeness (QED) is 0.869. The summed E-state index contributed by atoms with van der Waals surface area (Å²) in [4.78, 5) is 22.7. The summed E-state index contributed by atoms with van der Waals surface area (Å²) in [7, 11) is 0. The summed E-state index contributed by atoms with van der Waals surface area (Å²) in [5, 5.41) is 5.25. The van der Waals surface area contributed by atoms with Crippen LogP contribution in [-0.4, -0.2) is 24.4 Å². The lowest BCUT2D eigenvalue weighted by molar-refractivity contribution is -0.120. The van der Waals surface area contributed by atoms with Gasteiger partial charge in [-0.2, -0.15) is 0 Å². The van der Waals surface area contributed by atoms with Gasteiger partial charge in [-0.1, -0.05) is 0 Å². The second kappa shape index (κ2) is 4.69. The Labute approximate surface area is 101 Å². The third kappa shape index (κ3) is 3.10. The van der Waals surface area contributed by atoms with Gasteiger partial charge in [-0.3, -0.25) is 9.59 Å². The number of carbonyl (C=O) groups excluding carboxylic acids is 2. The number of carbonyl (C=O) groups is 2. The van der Waals surface area contributed by atoms with Crippen LogP contribution in [0.25, 0.3) is 0 Å². The monoisotopic (exact) mass is 286 g/mol. The van der Waals surface area contributed by atoms with Crippen molar-refractivity contribution in [1.82, 2.24) is 10.6 Å². The first-order valence-corrected chi connectivity index (χ1v) is 5.77. The molecule has 0 aliphatic heterocycles. The van der Waals surface area contributed by atoms with E-state index in [1.165, 1.54) is 6.07 Å². The molecule has 1 saturated carbocycles. The Morgan fingerprint density at radius 1 is 1.44 bits per heavy atom. The second-order valence-electron chi connectivity index (χ2n) is 3.63. The van der Waals surface area contributed by atoms with E-state index in [-0.39, 0.29) is 18.2 Å². The van der Waals surface area contributed by atoms with Crippen LogP contribution in [0.1, 0.15) is 23.4 Å². The smallest absolute Gasteiger partial charge is 0.287 e. The van der Waals surface area contributed by atoms with Crippen molar-refractivity contribution in [3.05, 3.63) is 22.6 Å². The summed E-state index contributed by atoms with van der Waals surface area (Å²) in [5.41, 5.74) is 0. The van der Waals surface area contributed by atoms with Crippen LogP contribution in [-0.2, 0) is 4.79 Å². The highest BCUT2D eigenvalue weighted by Gasteiger charge is 2.23. The molecule has 2 N–H and O–H groups in total. The van der Waals surface area contributed by atoms with Gasteiger partial charge < -0.3 is 15.1 Å². The molecule has 0 spiro atoms. The molecule has 86 valence electrons. The van der Waals surface area contributed by atoms with Gasteiger partial charge in [0, 0.05) is 6.04 Å². The number of amides is 2. The van der Waals surface area contributed by atoms with Crippen molar-refractivity contribution in [3.8, 4) is 0 Å². The lowest BCUT2D eigenvalue weighted by atomic mass is 10.4. The molecule has 0 aromatic carbocycles. The van der Waals surface area contributed by atoms with Gasteiger partial charge in [0.05, 0.1) is 6.54 Å². The van der Waals surface area contributed by atoms with Gasteiger partial charge >= 0.3 is 0 Å². The van der Waals surface area contributed by atoms with Crippen molar-refractivity contribution in [2.45, 2.75) is 18.9 Å². The second-order valence-corrected chi connectivity index (χ2v) is 4.41. The van der Waals surface area contributed by atoms with E-state index in [0.717, 1.165) is 12.8 Å². The fourth-order valence-electron chi connectivity index (χ4n) is 1.19. The fraction of sp³-hybridized carbons (Fsp3) is 0.400. The Bertz CT molecular complexity index is 412. The van der Waals surface area contributed by atoms with Crippen LogP contribution in [0.3, 0.4) is 0 Å². The average Bonchev–Trinajstić information content (AvgIpc) is 2.95. The Balaban J connectivity index is 1.76. The van der Waals surface area contributed by atoms with E-state index >= 15 is 0 Å². The van der Waals surface area contributed by atoms with Crippen molar-refractivity contribution in [3.63, 3.8) is 0 Å². The lowest BCUT2D eigenvalue weighted by Gasteiger charge is -2.03. The van der Waals surface area contributed by atoms with Gasteiger partial charge in [0.2, 0.25) is 5.91 Å². The van der Waals surface area contributed by atoms with Crippen LogP contribution < -0.4 is 10.6 Å². The summed E-state index contributed by atoms with van der Waals surface area (Å²) < 4.78 is 5.53. The van der Waals surface area contributed by atoms with Gasteiger partial charge in [-0.25, -0.2) is 0 Å². The van der Waals surface area contributed by atoms with E-state index < -0.39 is 5.91 Å². The van der Waals surface area contributed by atoms with Crippen LogP contribution in [0.2, 0.25) is 0 Å². The van der Waals surface area contributed by atoms with Crippen LogP contribution in [0, 0.1) is 0 Å². The van der Waals surface area contributed by atoms with Crippen LogP contribution in [0.5, 0.6) is 0 Å². The molecular weight excluding hydrogens is 276 g/mol. The third-order valence-electron chi connectivity index (χ3n) is 2.15. The van der Waals surface area contributed by atoms with Crippen molar-refractivity contribution in [1.29, 1.82) is 0 Å². The van der Waals surface area contributed by atoms with Crippen LogP contribution in [0.4, 0.5) is 0 Å². The summed E-state index contributed by atoms with van der Waals surface area (Å²) >= 11 is 3.10. The first kappa shape index (κ1) is 11.2. The summed E-state index contributed by atoms with van der Waals surface area (Å²) in [6, 6.07) is 3.47. The topological polar surface area (TPSA) is 71.3 Å². The minimum atomic E-state index is -0.392. The maximum atomic E-state index is 11.5. The molecule has 1 aromatic heterocycles. The lowest BCUT2D eigenvalue weighted by Crippen LogP contribution is -2.37. The zero-order chi connectivity index (χ0) is 11.5. The number of furan rings is 1. The molecular formula is C10H11BrN2O3. The molecule has 2 amide bonds. The number of nitrogens with one attached hydrogen (secondary N) is 2. The van der Waals surface area contributed by atoms with E-state index in [4.69, 9.17) is 4.42 Å². The minimum absolute atomic E-state index is 0.0202. The molecule has 5 nitrogen and oxygen atoms in total. The molecule has 1 aliphatic carbocycles. The maximum Gasteiger partial charge on any atom is 0.287 e. The predicted molar refractivity (Wildman–Crippen MR) is 59.9 cm³/mol. The van der Waals surface area contributed by atoms with E-state index in [9.17, 15) is 9.59 Å². The number of hydrogen-bond donors (Lipinski definition) is 2. The molecule has 1 aromatic rings. The standard InChI is InChI=1S/C10H11BrN2O3/c11-8-4-3-7(16-8)10(15)12-5-9(14)13-6-1-2-6/h3-4,6H,1-2,5H2,(H,12,15)(H,13,14). The fourth-order valence-corrected chi connectivity index (χ4v) is 1.50. The largest absolute Gasteiger partial charge is 0.444 e. The maximum absolute atomic E-state index is 11.5. The summed E-state index contributed by atoms with van der Waals surface area (Å²) in [5.74, 6) is -0.371. The van der Waals surface area contributed by atoms with Gasteiger partial charge in [0.15, 0.2) is 10.4 Å². The Morgan fingerprint density at radius 2 is 2.19 bits per heavy atom. The molecule has 1 aliphatic rings. The Kier molecular flexibility index (Phi) is 3.28. The average molecular weight is 287 g/mol. The molecule has 0 bridgehead atoms. The molecule has 1 heterocycles. The SMILES string of the molecule is O=C(CNC(=O)c1ccc(Br)o1)NC1CC1. The zero-order valence-corrected chi connectivity index (χ0v) is 10.0. The van der Waals surface area contributed by atoms with Crippen molar-refractivity contribution < 1.29 is 14.0 Å². The molecule has 2 rings (SSSR count). The van der Waals surface area contributed by atoms with Crippen LogP contribution in [0.15, 0.2) is 21.2 Å². The van der Waals surface area contributed by atoms with Gasteiger partial charge in [0.1, 0.15) is 0 Å². The van der Waals surface area contributed by atoms with E-state index in [2.05, 4.69) is 26.6 Å². The Morgan fingerprint density at radius 3 is 2.75 bits per heavy atom. The number of rotatable bonds is 4. The van der Waals surface area contributed by atoms with E-state index in [1.807, 2.05) is 0 Å². The first-order valence-electron chi connectivity index (χ1n) is 4.98. The normalized spacial score (nSPS) is 14.6. The van der Waals surface area contributed by atoms with Gasteiger partial charge in [0.25, 0.3) is 5.91 Å². The Hall–Kier alpha value is -1.30. The molecule has 0 saturated heterocycles. The van der Waals surface area contributed by atoms with Crippen LogP contribution >= 0.6 is 15.9 Å². The summed E-state index contributed by atoms with van der Waals surface area (Å²) in [6.07, 6.45) is 2.07. The number of hydrogen-bond acceptors (Lipinski definition) is 3. The molecule has 0 atom stereocenters. The van der Waals surface area contributed by atoms with Crippen molar-refractivity contribution >= 4 is 27.7 Å². The van der Waals surface area contributed by atoms with Gasteiger partial charge in [-0.05, 0) is 40.9 Å². The number of halogens is 1. The molecule has 0 radical (unpaired) electrons. The molecule has 0 unspecified atom stereocenters. The van der Waals surface area contributed by atoms with Gasteiger partial charge in [-0.15, -0.1) is 0 Å². The molecule has 16 heavy (non-hydrogen) atoms. The molecule has 6 heteroatoms. The first-order chi connectivity index (χ1) is 7.65. The highest BCUT2D eigenvalue weighted by molar-refractivity contribution is 9.10. The highest BCUT2D eigenvalue weighted by Crippen LogP contribution is 2.18. The predicted octanol–water partition coefficient (Wildman–Crippen LogP) is 1.05. The third-order valence-corrected chi connectivity index (χ3v) is 2.58. The molecule has 1 fully saturated rings. The van der Waals surface area contributed by atoms with Crippen molar-refractivity contribution in [2.24, 2.45) is 0 Å². The van der Waals surface area contributed by atoms with E-state index in [1.54, 1.807) is 6.07 Å². The minimum Gasteiger partial charge on any atom is -0.444 e. The summed E-state index contributed by atoms with van der Waals surface area (Å²) in [6.45, 7) is -0.0202. The van der Waals surface area contributed by atoms with Crippen molar-refractivity contribution in [2.75, 3.05) is 6.54 Å². The highest BCUT2D eigenvalue weighted by atomic mass is 79.9. The van der Waals surface area contributed by atoms with E-state index in [0.29, 0.717) is 10.7 Å².